The molecule has 0 saturated carbocycles. The summed E-state index contributed by atoms with van der Waals surface area (Å²) in [6.07, 6.45) is 4.53. The van der Waals surface area contributed by atoms with Crippen molar-refractivity contribution in [3.05, 3.63) is 181 Å². The average molecular weight is 699 g/mol. The molecule has 0 amide bonds. The van der Waals surface area contributed by atoms with Crippen LogP contribution in [0.3, 0.4) is 0 Å². The van der Waals surface area contributed by atoms with E-state index in [9.17, 15) is 0 Å². The molecule has 0 aliphatic heterocycles. The first-order valence-corrected chi connectivity index (χ1v) is 18.7. The van der Waals surface area contributed by atoms with Crippen LogP contribution in [0, 0.1) is 0 Å². The Bertz CT molecular complexity index is 3350. The Morgan fingerprint density at radius 2 is 0.891 bits per heavy atom. The first kappa shape index (κ1) is 30.1. The first-order valence-electron chi connectivity index (χ1n) is 18.7. The normalized spacial score (nSPS) is 12.3. The Labute approximate surface area is 316 Å². The lowest BCUT2D eigenvalue weighted by atomic mass is 9.99. The van der Waals surface area contributed by atoms with Crippen molar-refractivity contribution >= 4 is 77.0 Å². The lowest BCUT2D eigenvalue weighted by Crippen LogP contribution is -2.02. The molecule has 0 bridgehead atoms. The van der Waals surface area contributed by atoms with Gasteiger partial charge in [-0.2, -0.15) is 0 Å². The molecule has 0 atom stereocenters. The van der Waals surface area contributed by atoms with Crippen LogP contribution in [0.4, 0.5) is 0 Å². The first-order chi connectivity index (χ1) is 27.2. The van der Waals surface area contributed by atoms with E-state index in [2.05, 4.69) is 187 Å². The summed E-state index contributed by atoms with van der Waals surface area (Å²) in [5.74, 6) is 1.93. The molecule has 254 valence electrons. The van der Waals surface area contributed by atoms with Crippen LogP contribution in [-0.4, -0.2) is 19.5 Å². The highest BCUT2D eigenvalue weighted by Gasteiger charge is 2.22. The molecule has 11 aromatic rings. The Balaban J connectivity index is 1.11. The van der Waals surface area contributed by atoms with Gasteiger partial charge in [0.05, 0.1) is 16.7 Å². The lowest BCUT2D eigenvalue weighted by molar-refractivity contribution is 1.08. The van der Waals surface area contributed by atoms with E-state index in [1.807, 2.05) is 0 Å². The molecule has 2 heterocycles. The van der Waals surface area contributed by atoms with E-state index in [1.165, 1.54) is 54.5 Å². The molecule has 9 aromatic carbocycles. The standard InChI is InChI=1S/C51H30N4/c1-3-11-36-29-38(23-19-31(36)9-1)49-52-50(39-24-20-32-10-2-4-12-37(32)30-39)54-51(53-49)42-26-28-43(41-17-6-5-16-40(41)42)55-44-18-8-15-35-22-21-33-13-7-14-34-25-27-45(55)48(46(33)34)47(35)44/h1-30H. The number of aromatic nitrogens is 4. The summed E-state index contributed by atoms with van der Waals surface area (Å²) in [5.41, 5.74) is 8.86. The molecule has 0 unspecified atom stereocenters. The molecule has 12 rings (SSSR count). The van der Waals surface area contributed by atoms with Crippen molar-refractivity contribution in [3.63, 3.8) is 0 Å². The quantitative estimate of drug-likeness (QED) is 0.184. The lowest BCUT2D eigenvalue weighted by Gasteiger charge is -2.15. The van der Waals surface area contributed by atoms with Gasteiger partial charge in [0.15, 0.2) is 17.5 Å². The highest BCUT2D eigenvalue weighted by molar-refractivity contribution is 6.27. The van der Waals surface area contributed by atoms with E-state index in [0.29, 0.717) is 17.5 Å². The fraction of sp³-hybridized carbons (Fsp3) is 0. The van der Waals surface area contributed by atoms with Crippen molar-refractivity contribution in [3.8, 4) is 39.9 Å². The number of benzene rings is 9. The summed E-state index contributed by atoms with van der Waals surface area (Å²) < 4.78 is 2.45. The molecule has 2 aromatic heterocycles. The van der Waals surface area contributed by atoms with Crippen LogP contribution < -0.4 is 0 Å². The summed E-state index contributed by atoms with van der Waals surface area (Å²) in [5, 5.41) is 12.0. The monoisotopic (exact) mass is 698 g/mol. The van der Waals surface area contributed by atoms with Gasteiger partial charge in [-0.15, -0.1) is 0 Å². The topological polar surface area (TPSA) is 43.6 Å². The van der Waals surface area contributed by atoms with E-state index in [1.54, 1.807) is 0 Å². The van der Waals surface area contributed by atoms with E-state index in [-0.39, 0.29) is 0 Å². The summed E-state index contributed by atoms with van der Waals surface area (Å²) in [6, 6.07) is 60.6. The van der Waals surface area contributed by atoms with Gasteiger partial charge in [-0.1, -0.05) is 146 Å². The van der Waals surface area contributed by atoms with Crippen molar-refractivity contribution in [1.82, 2.24) is 19.5 Å². The smallest absolute Gasteiger partial charge is 0.164 e. The van der Waals surface area contributed by atoms with Crippen LogP contribution in [0.5, 0.6) is 0 Å². The third-order valence-electron chi connectivity index (χ3n) is 11.3. The number of nitrogens with zero attached hydrogens (tertiary/aromatic N) is 4. The number of hydrogen-bond donors (Lipinski definition) is 0. The number of hydrogen-bond acceptors (Lipinski definition) is 3. The molecule has 4 nitrogen and oxygen atoms in total. The highest BCUT2D eigenvalue weighted by atomic mass is 15.0. The number of rotatable bonds is 4. The maximum absolute atomic E-state index is 5.24. The third kappa shape index (κ3) is 4.55. The molecule has 0 spiro atoms. The second-order valence-electron chi connectivity index (χ2n) is 14.4. The zero-order chi connectivity index (χ0) is 36.0. The second-order valence-corrected chi connectivity index (χ2v) is 14.4. The van der Waals surface area contributed by atoms with Gasteiger partial charge in [0, 0.05) is 32.8 Å². The largest absolute Gasteiger partial charge is 0.309 e. The summed E-state index contributed by atoms with van der Waals surface area (Å²) in [7, 11) is 0. The summed E-state index contributed by atoms with van der Waals surface area (Å²) in [4.78, 5) is 15.6. The molecule has 0 N–H and O–H groups in total. The molecular weight excluding hydrogens is 669 g/mol. The minimum atomic E-state index is 0.642. The van der Waals surface area contributed by atoms with Crippen molar-refractivity contribution in [2.75, 3.05) is 0 Å². The Hall–Kier alpha value is -7.43. The summed E-state index contributed by atoms with van der Waals surface area (Å²) >= 11 is 0. The van der Waals surface area contributed by atoms with Crippen LogP contribution in [0.25, 0.3) is 117 Å². The fourth-order valence-electron chi connectivity index (χ4n) is 8.78. The van der Waals surface area contributed by atoms with Crippen molar-refractivity contribution in [2.24, 2.45) is 0 Å². The van der Waals surface area contributed by atoms with Gasteiger partial charge in [0.1, 0.15) is 0 Å². The molecule has 4 heteroatoms. The Morgan fingerprint density at radius 3 is 1.60 bits per heavy atom. The molecule has 1 aliphatic rings. The minimum absolute atomic E-state index is 0.642. The summed E-state index contributed by atoms with van der Waals surface area (Å²) in [6.45, 7) is 0. The highest BCUT2D eigenvalue weighted by Crippen LogP contribution is 2.44. The predicted octanol–water partition coefficient (Wildman–Crippen LogP) is 13.1. The van der Waals surface area contributed by atoms with Gasteiger partial charge in [-0.3, -0.25) is 0 Å². The van der Waals surface area contributed by atoms with E-state index < -0.39 is 0 Å². The van der Waals surface area contributed by atoms with Gasteiger partial charge in [-0.05, 0) is 85.2 Å². The van der Waals surface area contributed by atoms with Gasteiger partial charge in [-0.25, -0.2) is 15.0 Å². The van der Waals surface area contributed by atoms with Crippen molar-refractivity contribution in [2.45, 2.75) is 0 Å². The SMILES string of the molecule is C1=Cc2cccc3c2c2c4c1cccc4ccc2n3-c1ccc(-c2nc(-c3ccc4ccccc4c3)nc(-c3ccc4ccccc4c3)n2)c2ccccc12. The van der Waals surface area contributed by atoms with E-state index >= 15 is 0 Å². The maximum Gasteiger partial charge on any atom is 0.164 e. The Kier molecular flexibility index (Phi) is 6.31. The third-order valence-corrected chi connectivity index (χ3v) is 11.3. The second kappa shape index (κ2) is 11.5. The Morgan fingerprint density at radius 1 is 0.345 bits per heavy atom. The fourth-order valence-corrected chi connectivity index (χ4v) is 8.78. The van der Waals surface area contributed by atoms with Crippen LogP contribution in [0.1, 0.15) is 11.1 Å². The van der Waals surface area contributed by atoms with Gasteiger partial charge in [0.2, 0.25) is 0 Å². The average Bonchev–Trinajstić information content (AvgIpc) is 3.49. The van der Waals surface area contributed by atoms with Gasteiger partial charge in [0.25, 0.3) is 0 Å². The minimum Gasteiger partial charge on any atom is -0.309 e. The van der Waals surface area contributed by atoms with Gasteiger partial charge < -0.3 is 4.57 Å². The van der Waals surface area contributed by atoms with E-state index in [0.717, 1.165) is 43.9 Å². The number of fused-ring (bicyclic) bond motifs is 3. The molecule has 0 saturated heterocycles. The van der Waals surface area contributed by atoms with Crippen LogP contribution in [0.15, 0.2) is 170 Å². The maximum atomic E-state index is 5.24. The molecular formula is C51H30N4. The van der Waals surface area contributed by atoms with Crippen molar-refractivity contribution < 1.29 is 0 Å². The molecule has 55 heavy (non-hydrogen) atoms. The van der Waals surface area contributed by atoms with E-state index in [4.69, 9.17) is 15.0 Å². The van der Waals surface area contributed by atoms with Crippen LogP contribution >= 0.6 is 0 Å². The molecule has 0 fully saturated rings. The predicted molar refractivity (Wildman–Crippen MR) is 229 cm³/mol. The molecule has 1 aliphatic carbocycles. The molecule has 0 radical (unpaired) electrons. The van der Waals surface area contributed by atoms with Crippen LogP contribution in [-0.2, 0) is 0 Å². The van der Waals surface area contributed by atoms with Gasteiger partial charge >= 0.3 is 0 Å². The zero-order valence-corrected chi connectivity index (χ0v) is 29.6. The zero-order valence-electron chi connectivity index (χ0n) is 29.6. The van der Waals surface area contributed by atoms with Crippen molar-refractivity contribution in [1.29, 1.82) is 0 Å². The van der Waals surface area contributed by atoms with Crippen LogP contribution in [0.2, 0.25) is 0 Å².